The largest absolute Gasteiger partial charge is 0.377 e. The highest BCUT2D eigenvalue weighted by Crippen LogP contribution is 2.37. The maximum absolute atomic E-state index is 13.6. The first-order valence-corrected chi connectivity index (χ1v) is 7.68. The number of nitrogens with one attached hydrogen (secondary N) is 1. The minimum Gasteiger partial charge on any atom is -0.377 e. The minimum atomic E-state index is -0.202. The van der Waals surface area contributed by atoms with Gasteiger partial charge in [-0.05, 0) is 66.7 Å². The van der Waals surface area contributed by atoms with Gasteiger partial charge in [-0.3, -0.25) is 0 Å². The summed E-state index contributed by atoms with van der Waals surface area (Å²) >= 11 is 3.34. The van der Waals surface area contributed by atoms with Gasteiger partial charge in [0.05, 0.1) is 10.6 Å². The van der Waals surface area contributed by atoms with Gasteiger partial charge in [0.1, 0.15) is 5.82 Å². The van der Waals surface area contributed by atoms with Crippen LogP contribution < -0.4 is 5.32 Å². The molecule has 4 heteroatoms. The van der Waals surface area contributed by atoms with Crippen molar-refractivity contribution in [1.82, 2.24) is 5.32 Å². The van der Waals surface area contributed by atoms with Crippen LogP contribution in [0.15, 0.2) is 22.7 Å². The van der Waals surface area contributed by atoms with Gasteiger partial charge in [-0.25, -0.2) is 4.39 Å². The molecule has 1 saturated carbocycles. The summed E-state index contributed by atoms with van der Waals surface area (Å²) in [7, 11) is 1.95. The van der Waals surface area contributed by atoms with Crippen LogP contribution >= 0.6 is 15.9 Å². The van der Waals surface area contributed by atoms with E-state index in [1.807, 2.05) is 20.0 Å². The fourth-order valence-electron chi connectivity index (χ4n) is 2.52. The third kappa shape index (κ3) is 3.77. The number of halogens is 2. The SMILES string of the molecule is CCOC(C1CC1)C(Cc1cccc(F)c1Br)NC. The fourth-order valence-corrected chi connectivity index (χ4v) is 2.95. The topological polar surface area (TPSA) is 21.3 Å². The first kappa shape index (κ1) is 14.9. The molecule has 1 aliphatic carbocycles. The van der Waals surface area contributed by atoms with Gasteiger partial charge in [0.25, 0.3) is 0 Å². The Labute approximate surface area is 122 Å². The number of rotatable bonds is 7. The van der Waals surface area contributed by atoms with E-state index in [0.717, 1.165) is 18.6 Å². The molecule has 2 nitrogen and oxygen atoms in total. The van der Waals surface area contributed by atoms with Gasteiger partial charge >= 0.3 is 0 Å². The van der Waals surface area contributed by atoms with Crippen LogP contribution in [0, 0.1) is 11.7 Å². The molecule has 0 aromatic heterocycles. The van der Waals surface area contributed by atoms with Crippen LogP contribution in [0.1, 0.15) is 25.3 Å². The summed E-state index contributed by atoms with van der Waals surface area (Å²) in [5.74, 6) is 0.455. The molecule has 19 heavy (non-hydrogen) atoms. The van der Waals surface area contributed by atoms with E-state index in [4.69, 9.17) is 4.74 Å². The van der Waals surface area contributed by atoms with Crippen molar-refractivity contribution in [1.29, 1.82) is 0 Å². The molecule has 1 aliphatic rings. The molecule has 0 saturated heterocycles. The molecule has 2 unspecified atom stereocenters. The smallest absolute Gasteiger partial charge is 0.137 e. The molecule has 1 aromatic rings. The number of hydrogen-bond donors (Lipinski definition) is 1. The summed E-state index contributed by atoms with van der Waals surface area (Å²) < 4.78 is 20.0. The van der Waals surface area contributed by atoms with Crippen molar-refractivity contribution in [3.05, 3.63) is 34.1 Å². The van der Waals surface area contributed by atoms with Crippen molar-refractivity contribution < 1.29 is 9.13 Å². The molecular formula is C15H21BrFNO. The Hall–Kier alpha value is -0.450. The van der Waals surface area contributed by atoms with E-state index >= 15 is 0 Å². The molecule has 2 rings (SSSR count). The van der Waals surface area contributed by atoms with Gasteiger partial charge < -0.3 is 10.1 Å². The van der Waals surface area contributed by atoms with Crippen LogP contribution in [0.2, 0.25) is 0 Å². The van der Waals surface area contributed by atoms with Crippen LogP contribution in [-0.4, -0.2) is 25.8 Å². The molecule has 0 heterocycles. The highest BCUT2D eigenvalue weighted by molar-refractivity contribution is 9.10. The standard InChI is InChI=1S/C15H21BrFNO/c1-3-19-15(10-7-8-10)13(18-2)9-11-5-4-6-12(17)14(11)16/h4-6,10,13,15,18H,3,7-9H2,1-2H3. The van der Waals surface area contributed by atoms with Crippen molar-refractivity contribution in [3.8, 4) is 0 Å². The molecule has 0 radical (unpaired) electrons. The number of ether oxygens (including phenoxy) is 1. The Kier molecular flexibility index (Phi) is 5.37. The van der Waals surface area contributed by atoms with Crippen LogP contribution in [0.3, 0.4) is 0 Å². The monoisotopic (exact) mass is 329 g/mol. The summed E-state index contributed by atoms with van der Waals surface area (Å²) in [4.78, 5) is 0. The van der Waals surface area contributed by atoms with Gasteiger partial charge in [0.15, 0.2) is 0 Å². The van der Waals surface area contributed by atoms with E-state index in [9.17, 15) is 4.39 Å². The van der Waals surface area contributed by atoms with E-state index in [0.29, 0.717) is 10.4 Å². The van der Waals surface area contributed by atoms with Crippen LogP contribution in [0.25, 0.3) is 0 Å². The molecule has 0 bridgehead atoms. The average Bonchev–Trinajstić information content (AvgIpc) is 3.23. The van der Waals surface area contributed by atoms with Crippen LogP contribution in [0.5, 0.6) is 0 Å². The van der Waals surface area contributed by atoms with Crippen molar-refractivity contribution in [2.45, 2.75) is 38.3 Å². The third-order valence-electron chi connectivity index (χ3n) is 3.68. The molecule has 0 amide bonds. The minimum absolute atomic E-state index is 0.202. The Morgan fingerprint density at radius 1 is 1.47 bits per heavy atom. The zero-order valence-electron chi connectivity index (χ0n) is 11.5. The molecule has 2 atom stereocenters. The Morgan fingerprint density at radius 3 is 2.79 bits per heavy atom. The van der Waals surface area contributed by atoms with E-state index < -0.39 is 0 Å². The molecule has 0 spiro atoms. The Morgan fingerprint density at radius 2 is 2.21 bits per heavy atom. The second-order valence-corrected chi connectivity index (χ2v) is 5.86. The highest BCUT2D eigenvalue weighted by atomic mass is 79.9. The summed E-state index contributed by atoms with van der Waals surface area (Å²) in [6.07, 6.45) is 3.49. The van der Waals surface area contributed by atoms with Gasteiger partial charge in [0.2, 0.25) is 0 Å². The van der Waals surface area contributed by atoms with Crippen molar-refractivity contribution >= 4 is 15.9 Å². The van der Waals surface area contributed by atoms with Crippen molar-refractivity contribution in [3.63, 3.8) is 0 Å². The number of hydrogen-bond acceptors (Lipinski definition) is 2. The lowest BCUT2D eigenvalue weighted by atomic mass is 9.98. The summed E-state index contributed by atoms with van der Waals surface area (Å²) in [6, 6.07) is 5.43. The summed E-state index contributed by atoms with van der Waals surface area (Å²) in [5.41, 5.74) is 0.990. The predicted octanol–water partition coefficient (Wildman–Crippen LogP) is 3.53. The quantitative estimate of drug-likeness (QED) is 0.826. The molecule has 1 aromatic carbocycles. The Balaban J connectivity index is 2.10. The third-order valence-corrected chi connectivity index (χ3v) is 4.57. The second kappa shape index (κ2) is 6.82. The summed E-state index contributed by atoms with van der Waals surface area (Å²) in [5, 5.41) is 3.34. The molecule has 1 fully saturated rings. The van der Waals surface area contributed by atoms with Crippen LogP contribution in [-0.2, 0) is 11.2 Å². The van der Waals surface area contributed by atoms with Gasteiger partial charge in [-0.2, -0.15) is 0 Å². The molecule has 106 valence electrons. The number of benzene rings is 1. The first-order valence-electron chi connectivity index (χ1n) is 6.89. The zero-order chi connectivity index (χ0) is 13.8. The fraction of sp³-hybridized carbons (Fsp3) is 0.600. The van der Waals surface area contributed by atoms with E-state index in [-0.39, 0.29) is 18.0 Å². The normalized spacial score (nSPS) is 18.3. The first-order chi connectivity index (χ1) is 9.17. The maximum Gasteiger partial charge on any atom is 0.137 e. The second-order valence-electron chi connectivity index (χ2n) is 5.07. The van der Waals surface area contributed by atoms with E-state index in [1.54, 1.807) is 6.07 Å². The molecule has 0 aliphatic heterocycles. The van der Waals surface area contributed by atoms with E-state index in [2.05, 4.69) is 21.2 Å². The lowest BCUT2D eigenvalue weighted by Crippen LogP contribution is -2.42. The predicted molar refractivity (Wildman–Crippen MR) is 78.8 cm³/mol. The number of likely N-dealkylation sites (N-methyl/N-ethyl adjacent to an activating group) is 1. The van der Waals surface area contributed by atoms with Crippen LogP contribution in [0.4, 0.5) is 4.39 Å². The lowest BCUT2D eigenvalue weighted by Gasteiger charge is -2.27. The highest BCUT2D eigenvalue weighted by Gasteiger charge is 2.36. The zero-order valence-corrected chi connectivity index (χ0v) is 13.0. The van der Waals surface area contributed by atoms with Gasteiger partial charge in [0, 0.05) is 12.6 Å². The Bertz CT molecular complexity index is 423. The molecule has 1 N–H and O–H groups in total. The van der Waals surface area contributed by atoms with Crippen molar-refractivity contribution in [2.24, 2.45) is 5.92 Å². The van der Waals surface area contributed by atoms with Gasteiger partial charge in [-0.15, -0.1) is 0 Å². The van der Waals surface area contributed by atoms with Gasteiger partial charge in [-0.1, -0.05) is 12.1 Å². The lowest BCUT2D eigenvalue weighted by molar-refractivity contribution is 0.0210. The average molecular weight is 330 g/mol. The van der Waals surface area contributed by atoms with E-state index in [1.165, 1.54) is 18.9 Å². The summed E-state index contributed by atoms with van der Waals surface area (Å²) in [6.45, 7) is 2.75. The maximum atomic E-state index is 13.6. The van der Waals surface area contributed by atoms with Crippen molar-refractivity contribution in [2.75, 3.05) is 13.7 Å². The molecular weight excluding hydrogens is 309 g/mol.